The summed E-state index contributed by atoms with van der Waals surface area (Å²) in [5, 5.41) is 9.19. The molecule has 0 bridgehead atoms. The zero-order valence-electron chi connectivity index (χ0n) is 11.3. The Labute approximate surface area is 121 Å². The van der Waals surface area contributed by atoms with E-state index >= 15 is 0 Å². The molecule has 0 atom stereocenters. The topological polar surface area (TPSA) is 88.7 Å². The fraction of sp³-hybridized carbons (Fsp3) is 0.200. The lowest BCUT2D eigenvalue weighted by atomic mass is 10.2. The number of aromatic nitrogens is 1. The van der Waals surface area contributed by atoms with Crippen molar-refractivity contribution in [2.45, 2.75) is 6.42 Å². The summed E-state index contributed by atoms with van der Waals surface area (Å²) in [5.41, 5.74) is 6.75. The van der Waals surface area contributed by atoms with E-state index in [4.69, 9.17) is 10.5 Å². The molecule has 0 amide bonds. The van der Waals surface area contributed by atoms with Crippen LogP contribution >= 0.6 is 0 Å². The summed E-state index contributed by atoms with van der Waals surface area (Å²) in [4.78, 5) is 17.4. The number of aromatic carboxylic acids is 1. The van der Waals surface area contributed by atoms with Crippen molar-refractivity contribution in [2.24, 2.45) is 0 Å². The van der Waals surface area contributed by atoms with Gasteiger partial charge in [0.15, 0.2) is 0 Å². The van der Waals surface area contributed by atoms with Crippen molar-refractivity contribution in [3.63, 3.8) is 0 Å². The molecular weight excluding hydrogens is 270 g/mol. The number of anilines is 3. The average Bonchev–Trinajstić information content (AvgIpc) is 2.70. The Morgan fingerprint density at radius 1 is 1.38 bits per heavy atom. The summed E-state index contributed by atoms with van der Waals surface area (Å²) < 4.78 is 5.69. The summed E-state index contributed by atoms with van der Waals surface area (Å²) in [6, 6.07) is 9.14. The van der Waals surface area contributed by atoms with Crippen molar-refractivity contribution in [1.29, 1.82) is 0 Å². The van der Waals surface area contributed by atoms with Crippen LogP contribution in [-0.4, -0.2) is 29.2 Å². The molecule has 1 aliphatic rings. The van der Waals surface area contributed by atoms with Crippen LogP contribution in [0.1, 0.15) is 16.8 Å². The molecule has 0 saturated carbocycles. The number of benzene rings is 1. The number of carboxylic acids is 1. The van der Waals surface area contributed by atoms with Crippen LogP contribution in [0.25, 0.3) is 0 Å². The standard InChI is InChI=1S/C15H15N3O3/c16-11-9-17-14(8-10(11)15(19)20)18-6-3-7-21-13-5-2-1-4-12(13)18/h1-2,4-5,8-9H,3,6-7,16H2,(H,19,20). The number of nitrogen functional groups attached to an aromatic ring is 1. The fourth-order valence-electron chi connectivity index (χ4n) is 2.35. The summed E-state index contributed by atoms with van der Waals surface area (Å²) in [6.45, 7) is 1.32. The first-order valence-electron chi connectivity index (χ1n) is 6.65. The first kappa shape index (κ1) is 13.2. The highest BCUT2D eigenvalue weighted by molar-refractivity contribution is 5.94. The molecule has 2 heterocycles. The second-order valence-electron chi connectivity index (χ2n) is 4.76. The number of carboxylic acid groups (broad SMARTS) is 1. The number of nitrogens with zero attached hydrogens (tertiary/aromatic N) is 2. The molecule has 21 heavy (non-hydrogen) atoms. The first-order valence-corrected chi connectivity index (χ1v) is 6.65. The molecule has 6 heteroatoms. The van der Waals surface area contributed by atoms with Crippen LogP contribution in [-0.2, 0) is 0 Å². The number of ether oxygens (including phenoxy) is 1. The summed E-state index contributed by atoms with van der Waals surface area (Å²) >= 11 is 0. The second-order valence-corrected chi connectivity index (χ2v) is 4.76. The van der Waals surface area contributed by atoms with Crippen molar-refractivity contribution < 1.29 is 14.6 Å². The van der Waals surface area contributed by atoms with Gasteiger partial charge in [-0.1, -0.05) is 12.1 Å². The molecule has 0 fully saturated rings. The van der Waals surface area contributed by atoms with E-state index in [0.717, 1.165) is 17.9 Å². The zero-order chi connectivity index (χ0) is 14.8. The van der Waals surface area contributed by atoms with E-state index < -0.39 is 5.97 Å². The Kier molecular flexibility index (Phi) is 3.35. The van der Waals surface area contributed by atoms with Gasteiger partial charge in [-0.2, -0.15) is 0 Å². The SMILES string of the molecule is Nc1cnc(N2CCCOc3ccccc32)cc1C(=O)O. The number of nitrogens with two attached hydrogens (primary N) is 1. The van der Waals surface area contributed by atoms with E-state index in [1.165, 1.54) is 12.3 Å². The third-order valence-electron chi connectivity index (χ3n) is 3.37. The Balaban J connectivity index is 2.08. The third kappa shape index (κ3) is 2.47. The van der Waals surface area contributed by atoms with Gasteiger partial charge in [0.25, 0.3) is 0 Å². The Hall–Kier alpha value is -2.76. The van der Waals surface area contributed by atoms with Crippen molar-refractivity contribution >= 4 is 23.2 Å². The first-order chi connectivity index (χ1) is 10.2. The Bertz CT molecular complexity index is 688. The molecule has 0 radical (unpaired) electrons. The van der Waals surface area contributed by atoms with Crippen LogP contribution < -0.4 is 15.4 Å². The fourth-order valence-corrected chi connectivity index (χ4v) is 2.35. The molecule has 0 spiro atoms. The van der Waals surface area contributed by atoms with Crippen molar-refractivity contribution in [1.82, 2.24) is 4.98 Å². The van der Waals surface area contributed by atoms with Gasteiger partial charge >= 0.3 is 5.97 Å². The predicted octanol–water partition coefficient (Wildman–Crippen LogP) is 2.28. The highest BCUT2D eigenvalue weighted by atomic mass is 16.5. The number of hydrogen-bond donors (Lipinski definition) is 2. The molecule has 2 aromatic rings. The van der Waals surface area contributed by atoms with Crippen LogP contribution in [0.15, 0.2) is 36.5 Å². The van der Waals surface area contributed by atoms with Crippen molar-refractivity contribution in [3.8, 4) is 5.75 Å². The van der Waals surface area contributed by atoms with Gasteiger partial charge in [0.1, 0.15) is 11.6 Å². The summed E-state index contributed by atoms with van der Waals surface area (Å²) in [6.07, 6.45) is 2.20. The minimum absolute atomic E-state index is 0.0580. The smallest absolute Gasteiger partial charge is 0.337 e. The Morgan fingerprint density at radius 2 is 2.19 bits per heavy atom. The van der Waals surface area contributed by atoms with E-state index in [2.05, 4.69) is 4.98 Å². The minimum atomic E-state index is -1.06. The van der Waals surface area contributed by atoms with Crippen LogP contribution in [0.3, 0.4) is 0 Å². The van der Waals surface area contributed by atoms with Gasteiger partial charge in [0, 0.05) is 6.54 Å². The van der Waals surface area contributed by atoms with E-state index in [0.29, 0.717) is 19.0 Å². The number of fused-ring (bicyclic) bond motifs is 1. The van der Waals surface area contributed by atoms with Crippen molar-refractivity contribution in [3.05, 3.63) is 42.1 Å². The lowest BCUT2D eigenvalue weighted by Crippen LogP contribution is -2.19. The molecule has 108 valence electrons. The normalized spacial score (nSPS) is 14.0. The van der Waals surface area contributed by atoms with Gasteiger partial charge in [-0.15, -0.1) is 0 Å². The number of carbonyl (C=O) groups is 1. The van der Waals surface area contributed by atoms with E-state index in [1.807, 2.05) is 29.2 Å². The number of hydrogen-bond acceptors (Lipinski definition) is 5. The van der Waals surface area contributed by atoms with Crippen LogP contribution in [0.5, 0.6) is 5.75 Å². The molecular formula is C15H15N3O3. The van der Waals surface area contributed by atoms with E-state index in [9.17, 15) is 9.90 Å². The summed E-state index contributed by atoms with van der Waals surface area (Å²) in [7, 11) is 0. The molecule has 6 nitrogen and oxygen atoms in total. The van der Waals surface area contributed by atoms with Crippen molar-refractivity contribution in [2.75, 3.05) is 23.8 Å². The number of pyridine rings is 1. The minimum Gasteiger partial charge on any atom is -0.491 e. The molecule has 0 aliphatic carbocycles. The average molecular weight is 285 g/mol. The number of para-hydroxylation sites is 2. The maximum atomic E-state index is 11.2. The predicted molar refractivity (Wildman–Crippen MR) is 79.2 cm³/mol. The maximum absolute atomic E-state index is 11.2. The molecule has 1 aromatic carbocycles. The third-order valence-corrected chi connectivity index (χ3v) is 3.37. The maximum Gasteiger partial charge on any atom is 0.337 e. The largest absolute Gasteiger partial charge is 0.491 e. The van der Waals surface area contributed by atoms with Crippen LogP contribution in [0.4, 0.5) is 17.2 Å². The quantitative estimate of drug-likeness (QED) is 0.880. The van der Waals surface area contributed by atoms with Crippen LogP contribution in [0, 0.1) is 0 Å². The van der Waals surface area contributed by atoms with Crippen LogP contribution in [0.2, 0.25) is 0 Å². The summed E-state index contributed by atoms with van der Waals surface area (Å²) in [5.74, 6) is 0.264. The van der Waals surface area contributed by atoms with Gasteiger partial charge in [0.2, 0.25) is 0 Å². The molecule has 1 aliphatic heterocycles. The zero-order valence-corrected chi connectivity index (χ0v) is 11.3. The van der Waals surface area contributed by atoms with E-state index in [1.54, 1.807) is 0 Å². The monoisotopic (exact) mass is 285 g/mol. The molecule has 0 unspecified atom stereocenters. The van der Waals surface area contributed by atoms with Gasteiger partial charge in [-0.25, -0.2) is 9.78 Å². The lowest BCUT2D eigenvalue weighted by molar-refractivity contribution is 0.0698. The lowest BCUT2D eigenvalue weighted by Gasteiger charge is -2.23. The molecule has 3 N–H and O–H groups in total. The second kappa shape index (κ2) is 5.32. The number of rotatable bonds is 2. The van der Waals surface area contributed by atoms with Gasteiger partial charge in [0.05, 0.1) is 29.7 Å². The van der Waals surface area contributed by atoms with Gasteiger partial charge in [-0.3, -0.25) is 0 Å². The highest BCUT2D eigenvalue weighted by Crippen LogP contribution is 2.35. The molecule has 0 saturated heterocycles. The highest BCUT2D eigenvalue weighted by Gasteiger charge is 2.20. The molecule has 3 rings (SSSR count). The van der Waals surface area contributed by atoms with Gasteiger partial charge < -0.3 is 20.5 Å². The van der Waals surface area contributed by atoms with Gasteiger partial charge in [-0.05, 0) is 24.6 Å². The van der Waals surface area contributed by atoms with E-state index in [-0.39, 0.29) is 11.3 Å². The Morgan fingerprint density at radius 3 is 3.00 bits per heavy atom. The molecule has 1 aromatic heterocycles.